The highest BCUT2D eigenvalue weighted by molar-refractivity contribution is 6.07. The van der Waals surface area contributed by atoms with Gasteiger partial charge in [-0.2, -0.15) is 0 Å². The number of nitrogens with two attached hydrogens (primary N) is 1. The van der Waals surface area contributed by atoms with Gasteiger partial charge in [0.2, 0.25) is 0 Å². The van der Waals surface area contributed by atoms with Crippen LogP contribution in [0.2, 0.25) is 0 Å². The Balaban J connectivity index is 0.000000292. The molecule has 6 N–H and O–H groups in total. The van der Waals surface area contributed by atoms with Crippen molar-refractivity contribution in [1.29, 1.82) is 0 Å². The normalized spacial score (nSPS) is 13.6. The fourth-order valence-corrected chi connectivity index (χ4v) is 8.30. The zero-order valence-corrected chi connectivity index (χ0v) is 42.9. The third kappa shape index (κ3) is 16.1. The number of anilines is 4. The standard InChI is InChI=1S/C38H50N4O6.C18H21F2N3O2/c1-5-8-20-41-22-18-31(19-23-41)47-30-13-10-27(11-14-30)37(43)42-21-9-24-46-35-26-32(15-16-33(35)42)48-34-17-12-29(25-36(34)45-4)40-38(44)39-28(6-2)7-3;1-3-11(4-2)22-18(24)23-17-8-6-13(10-15(17)20)25-12-5-7-16(21)14(19)9-12/h10-17,25-26,28,31H,5-9,18-24H2,1-4H3,(H2,39,40,44);5-11H,3-4,21H2,1-2H3,(H2,22,23,24). The van der Waals surface area contributed by atoms with E-state index >= 15 is 0 Å². The van der Waals surface area contributed by atoms with Gasteiger partial charge in [0.1, 0.15) is 46.5 Å². The maximum atomic E-state index is 14.1. The van der Waals surface area contributed by atoms with Crippen LogP contribution in [0.15, 0.2) is 97.1 Å². The van der Waals surface area contributed by atoms with Crippen LogP contribution in [0.3, 0.4) is 0 Å². The lowest BCUT2D eigenvalue weighted by atomic mass is 10.1. The predicted molar refractivity (Wildman–Crippen MR) is 283 cm³/mol. The molecule has 5 aromatic carbocycles. The van der Waals surface area contributed by atoms with Gasteiger partial charge in [0.25, 0.3) is 5.91 Å². The summed E-state index contributed by atoms with van der Waals surface area (Å²) in [5.74, 6) is 1.84. The third-order valence-corrected chi connectivity index (χ3v) is 12.7. The quantitative estimate of drug-likeness (QED) is 0.0500. The molecule has 2 aliphatic rings. The summed E-state index contributed by atoms with van der Waals surface area (Å²) in [6.07, 6.45) is 8.70. The summed E-state index contributed by atoms with van der Waals surface area (Å²) in [4.78, 5) is 42.3. The number of hydrogen-bond donors (Lipinski definition) is 5. The minimum Gasteiger partial charge on any atom is -0.493 e. The molecule has 0 radical (unpaired) electrons. The van der Waals surface area contributed by atoms with E-state index in [1.807, 2.05) is 64.1 Å². The lowest BCUT2D eigenvalue weighted by Gasteiger charge is -2.32. The van der Waals surface area contributed by atoms with Crippen molar-refractivity contribution in [2.75, 3.05) is 61.2 Å². The van der Waals surface area contributed by atoms with E-state index in [4.69, 9.17) is 29.4 Å². The Morgan fingerprint density at radius 1 is 0.699 bits per heavy atom. The molecular formula is C56H71F2N7O8. The Kier molecular flexibility index (Phi) is 20.8. The SMILES string of the molecule is CCC(CC)NC(=O)Nc1ccc(Oc2ccc(N)c(F)c2)cc1F.CCCCN1CCC(Oc2ccc(C(=O)N3CCCOc4cc(Oc5ccc(NC(=O)NC(CC)CC)cc5OC)ccc43)cc2)CC1. The van der Waals surface area contributed by atoms with E-state index in [1.165, 1.54) is 43.7 Å². The van der Waals surface area contributed by atoms with Crippen molar-refractivity contribution in [2.24, 2.45) is 0 Å². The molecule has 0 bridgehead atoms. The molecule has 392 valence electrons. The minimum absolute atomic E-state index is 0.00144. The van der Waals surface area contributed by atoms with Gasteiger partial charge < -0.3 is 60.5 Å². The van der Waals surface area contributed by atoms with E-state index < -0.39 is 17.7 Å². The molecule has 0 aliphatic carbocycles. The molecule has 0 aromatic heterocycles. The van der Waals surface area contributed by atoms with Crippen LogP contribution in [0.5, 0.6) is 40.2 Å². The van der Waals surface area contributed by atoms with Gasteiger partial charge in [0, 0.05) is 67.2 Å². The van der Waals surface area contributed by atoms with Gasteiger partial charge in [-0.05, 0) is 131 Å². The van der Waals surface area contributed by atoms with Crippen LogP contribution in [0, 0.1) is 11.6 Å². The second kappa shape index (κ2) is 27.5. The van der Waals surface area contributed by atoms with E-state index in [9.17, 15) is 23.2 Å². The van der Waals surface area contributed by atoms with Crippen molar-refractivity contribution in [3.05, 3.63) is 114 Å². The first kappa shape index (κ1) is 55.1. The number of nitrogen functional groups attached to an aromatic ring is 1. The first-order valence-corrected chi connectivity index (χ1v) is 25.4. The number of benzene rings is 5. The van der Waals surface area contributed by atoms with Crippen molar-refractivity contribution < 1.29 is 46.8 Å². The van der Waals surface area contributed by atoms with Gasteiger partial charge >= 0.3 is 12.1 Å². The number of hydrogen-bond acceptors (Lipinski definition) is 10. The molecule has 5 amide bonds. The number of fused-ring (bicyclic) bond motifs is 1. The average molecular weight is 1010 g/mol. The Hall–Kier alpha value is -7.27. The maximum absolute atomic E-state index is 14.1. The second-order valence-corrected chi connectivity index (χ2v) is 17.9. The summed E-state index contributed by atoms with van der Waals surface area (Å²) in [6.45, 7) is 14.6. The van der Waals surface area contributed by atoms with Crippen molar-refractivity contribution in [2.45, 2.75) is 111 Å². The lowest BCUT2D eigenvalue weighted by Crippen LogP contribution is -2.38. The van der Waals surface area contributed by atoms with Crippen LogP contribution < -0.4 is 55.6 Å². The Labute approximate surface area is 428 Å². The van der Waals surface area contributed by atoms with E-state index in [0.717, 1.165) is 69.5 Å². The van der Waals surface area contributed by atoms with Gasteiger partial charge in [0.05, 0.1) is 30.8 Å². The Bertz CT molecular complexity index is 2590. The van der Waals surface area contributed by atoms with Gasteiger partial charge in [0.15, 0.2) is 11.5 Å². The number of urea groups is 2. The minimum atomic E-state index is -0.659. The smallest absolute Gasteiger partial charge is 0.319 e. The highest BCUT2D eigenvalue weighted by Gasteiger charge is 2.26. The topological polar surface area (TPSA) is 178 Å². The monoisotopic (exact) mass is 1010 g/mol. The molecule has 7 rings (SSSR count). The first-order valence-electron chi connectivity index (χ1n) is 25.4. The first-order chi connectivity index (χ1) is 35.3. The van der Waals surface area contributed by atoms with E-state index in [1.54, 1.807) is 36.3 Å². The number of rotatable bonds is 19. The zero-order valence-electron chi connectivity index (χ0n) is 42.9. The largest absolute Gasteiger partial charge is 0.493 e. The molecule has 5 aromatic rings. The van der Waals surface area contributed by atoms with E-state index in [2.05, 4.69) is 33.1 Å². The van der Waals surface area contributed by atoms with Gasteiger partial charge in [-0.3, -0.25) is 4.79 Å². The molecule has 1 fully saturated rings. The molecule has 2 heterocycles. The number of nitrogens with zero attached hydrogens (tertiary/aromatic N) is 2. The third-order valence-electron chi connectivity index (χ3n) is 12.7. The van der Waals surface area contributed by atoms with Crippen LogP contribution in [-0.2, 0) is 0 Å². The van der Waals surface area contributed by atoms with Gasteiger partial charge in [-0.1, -0.05) is 41.0 Å². The second-order valence-electron chi connectivity index (χ2n) is 17.9. The number of ether oxygens (including phenoxy) is 5. The van der Waals surface area contributed by atoms with E-state index in [-0.39, 0.29) is 53.0 Å². The highest BCUT2D eigenvalue weighted by Crippen LogP contribution is 2.40. The fourth-order valence-electron chi connectivity index (χ4n) is 8.30. The van der Waals surface area contributed by atoms with E-state index in [0.29, 0.717) is 59.5 Å². The number of piperidine rings is 1. The molecule has 17 heteroatoms. The summed E-state index contributed by atoms with van der Waals surface area (Å²) in [5.41, 5.74) is 7.29. The van der Waals surface area contributed by atoms with Crippen molar-refractivity contribution in [3.8, 4) is 40.2 Å². The lowest BCUT2D eigenvalue weighted by molar-refractivity contribution is 0.0983. The number of nitrogens with one attached hydrogen (secondary N) is 4. The van der Waals surface area contributed by atoms with Crippen molar-refractivity contribution >= 4 is 40.7 Å². The van der Waals surface area contributed by atoms with Crippen molar-refractivity contribution in [3.63, 3.8) is 0 Å². The van der Waals surface area contributed by atoms with Crippen LogP contribution in [0.4, 0.5) is 41.1 Å². The summed E-state index contributed by atoms with van der Waals surface area (Å²) in [6, 6.07) is 25.5. The van der Waals surface area contributed by atoms with Crippen LogP contribution in [0.25, 0.3) is 0 Å². The molecule has 73 heavy (non-hydrogen) atoms. The molecule has 0 spiro atoms. The van der Waals surface area contributed by atoms with Crippen LogP contribution in [-0.4, -0.2) is 81.0 Å². The number of unbranched alkanes of at least 4 members (excludes halogenated alkanes) is 1. The molecule has 0 unspecified atom stereocenters. The number of methoxy groups -OCH3 is 1. The van der Waals surface area contributed by atoms with Crippen molar-refractivity contribution in [1.82, 2.24) is 15.5 Å². The number of halogens is 2. The summed E-state index contributed by atoms with van der Waals surface area (Å²) < 4.78 is 57.0. The number of carbonyl (C=O) groups excluding carboxylic acids is 3. The molecule has 2 aliphatic heterocycles. The average Bonchev–Trinajstić information content (AvgIpc) is 3.61. The van der Waals surface area contributed by atoms with Gasteiger partial charge in [-0.25, -0.2) is 18.4 Å². The number of likely N-dealkylation sites (tertiary alicyclic amines) is 1. The molecule has 1 saturated heterocycles. The fraction of sp³-hybridized carbons (Fsp3) is 0.411. The summed E-state index contributed by atoms with van der Waals surface area (Å²) in [5, 5.41) is 11.0. The Morgan fingerprint density at radius 2 is 1.32 bits per heavy atom. The molecule has 0 atom stereocenters. The van der Waals surface area contributed by atoms with Crippen LogP contribution in [0.1, 0.15) is 103 Å². The Morgan fingerprint density at radius 3 is 1.95 bits per heavy atom. The summed E-state index contributed by atoms with van der Waals surface area (Å²) in [7, 11) is 1.55. The maximum Gasteiger partial charge on any atom is 0.319 e. The van der Waals surface area contributed by atoms with Crippen LogP contribution >= 0.6 is 0 Å². The predicted octanol–water partition coefficient (Wildman–Crippen LogP) is 12.5. The number of carbonyl (C=O) groups is 3. The molecule has 15 nitrogen and oxygen atoms in total. The molecular weight excluding hydrogens is 937 g/mol. The highest BCUT2D eigenvalue weighted by atomic mass is 19.1. The number of amides is 5. The molecule has 0 saturated carbocycles. The summed E-state index contributed by atoms with van der Waals surface area (Å²) >= 11 is 0. The zero-order chi connectivity index (χ0) is 52.3. The van der Waals surface area contributed by atoms with Gasteiger partial charge in [-0.15, -0.1) is 0 Å².